The Kier molecular flexibility index (Phi) is 6.06. The minimum absolute atomic E-state index is 0.0531. The monoisotopic (exact) mass is 355 g/mol. The predicted octanol–water partition coefficient (Wildman–Crippen LogP) is 2.43. The van der Waals surface area contributed by atoms with E-state index in [2.05, 4.69) is 10.4 Å². The molecule has 0 radical (unpaired) electrons. The average Bonchev–Trinajstić information content (AvgIpc) is 2.84. The molecule has 0 spiro atoms. The maximum absolute atomic E-state index is 11.8. The van der Waals surface area contributed by atoms with Crippen LogP contribution in [-0.2, 0) is 21.4 Å². The Labute approximate surface area is 151 Å². The zero-order valence-electron chi connectivity index (χ0n) is 15.2. The Morgan fingerprint density at radius 1 is 1.19 bits per heavy atom. The van der Waals surface area contributed by atoms with Gasteiger partial charge in [-0.3, -0.25) is 14.3 Å². The number of anilines is 1. The van der Waals surface area contributed by atoms with Gasteiger partial charge in [-0.25, -0.2) is 4.79 Å². The van der Waals surface area contributed by atoms with Crippen LogP contribution in [0.3, 0.4) is 0 Å². The summed E-state index contributed by atoms with van der Waals surface area (Å²) in [7, 11) is 1.82. The van der Waals surface area contributed by atoms with Gasteiger partial charge in [0.25, 0.3) is 5.91 Å². The molecule has 0 saturated heterocycles. The number of benzene rings is 1. The number of esters is 1. The van der Waals surface area contributed by atoms with Crippen molar-refractivity contribution >= 4 is 29.4 Å². The summed E-state index contributed by atoms with van der Waals surface area (Å²) >= 11 is 0. The van der Waals surface area contributed by atoms with Crippen LogP contribution in [0.1, 0.15) is 34.2 Å². The van der Waals surface area contributed by atoms with Crippen LogP contribution in [0.5, 0.6) is 0 Å². The van der Waals surface area contributed by atoms with Crippen molar-refractivity contribution < 1.29 is 19.1 Å². The second-order valence-electron chi connectivity index (χ2n) is 5.83. The summed E-state index contributed by atoms with van der Waals surface area (Å²) in [6.07, 6.45) is 2.89. The molecule has 1 aromatic carbocycles. The number of carbonyl (C=O) groups is 3. The second kappa shape index (κ2) is 8.24. The number of nitrogens with one attached hydrogen (secondary N) is 1. The number of hydrogen-bond acceptors (Lipinski definition) is 5. The standard InChI is InChI=1S/C19H21N3O4/c1-12-17(13(2)22(4)21-12)9-10-19(25)26-11-18(24)20-16-7-5-15(6-8-16)14(3)23/h5-10H,11H2,1-4H3,(H,20,24)/b10-9+. The van der Waals surface area contributed by atoms with Gasteiger partial charge in [-0.1, -0.05) is 0 Å². The van der Waals surface area contributed by atoms with Crippen LogP contribution >= 0.6 is 0 Å². The molecular weight excluding hydrogens is 334 g/mol. The molecule has 136 valence electrons. The molecular formula is C19H21N3O4. The fourth-order valence-electron chi connectivity index (χ4n) is 2.35. The van der Waals surface area contributed by atoms with E-state index >= 15 is 0 Å². The van der Waals surface area contributed by atoms with Crippen molar-refractivity contribution in [3.05, 3.63) is 52.9 Å². The molecule has 7 heteroatoms. The molecule has 1 heterocycles. The lowest BCUT2D eigenvalue weighted by Crippen LogP contribution is -2.20. The van der Waals surface area contributed by atoms with Crippen molar-refractivity contribution in [2.24, 2.45) is 7.05 Å². The Bertz CT molecular complexity index is 864. The molecule has 0 atom stereocenters. The Hall–Kier alpha value is -3.22. The second-order valence-corrected chi connectivity index (χ2v) is 5.83. The SMILES string of the molecule is CC(=O)c1ccc(NC(=O)COC(=O)/C=C/c2c(C)nn(C)c2C)cc1. The molecule has 0 aliphatic rings. The maximum atomic E-state index is 11.8. The Morgan fingerprint density at radius 2 is 1.85 bits per heavy atom. The molecule has 2 rings (SSSR count). The van der Waals surface area contributed by atoms with Crippen LogP contribution in [0.15, 0.2) is 30.3 Å². The highest BCUT2D eigenvalue weighted by Gasteiger charge is 2.09. The Balaban J connectivity index is 1.85. The minimum Gasteiger partial charge on any atom is -0.452 e. The largest absolute Gasteiger partial charge is 0.452 e. The number of ether oxygens (including phenoxy) is 1. The van der Waals surface area contributed by atoms with E-state index in [9.17, 15) is 14.4 Å². The first-order valence-corrected chi connectivity index (χ1v) is 8.04. The third-order valence-corrected chi connectivity index (χ3v) is 3.87. The van der Waals surface area contributed by atoms with Crippen LogP contribution in [0.4, 0.5) is 5.69 Å². The van der Waals surface area contributed by atoms with Gasteiger partial charge in [-0.15, -0.1) is 0 Å². The fourth-order valence-corrected chi connectivity index (χ4v) is 2.35. The number of rotatable bonds is 6. The molecule has 0 saturated carbocycles. The zero-order chi connectivity index (χ0) is 19.3. The maximum Gasteiger partial charge on any atom is 0.331 e. The smallest absolute Gasteiger partial charge is 0.331 e. The number of Topliss-reactive ketones (excluding diaryl/α,β-unsaturated/α-hetero) is 1. The first kappa shape index (κ1) is 19.1. The van der Waals surface area contributed by atoms with Gasteiger partial charge in [-0.05, 0) is 51.1 Å². The van der Waals surface area contributed by atoms with E-state index in [1.54, 1.807) is 35.0 Å². The van der Waals surface area contributed by atoms with Crippen molar-refractivity contribution in [2.45, 2.75) is 20.8 Å². The molecule has 1 amide bonds. The minimum atomic E-state index is -0.616. The average molecular weight is 355 g/mol. The van der Waals surface area contributed by atoms with Gasteiger partial charge >= 0.3 is 5.97 Å². The lowest BCUT2D eigenvalue weighted by atomic mass is 10.1. The third kappa shape index (κ3) is 4.89. The van der Waals surface area contributed by atoms with Crippen molar-refractivity contribution in [3.8, 4) is 0 Å². The van der Waals surface area contributed by atoms with E-state index in [4.69, 9.17) is 4.74 Å². The van der Waals surface area contributed by atoms with E-state index in [0.717, 1.165) is 17.0 Å². The van der Waals surface area contributed by atoms with Gasteiger partial charge < -0.3 is 10.1 Å². The molecule has 0 aliphatic carbocycles. The number of aromatic nitrogens is 2. The topological polar surface area (TPSA) is 90.3 Å². The highest BCUT2D eigenvalue weighted by molar-refractivity contribution is 5.96. The Morgan fingerprint density at radius 3 is 2.38 bits per heavy atom. The number of nitrogens with zero attached hydrogens (tertiary/aromatic N) is 2. The molecule has 0 unspecified atom stereocenters. The van der Waals surface area contributed by atoms with Gasteiger partial charge in [0.1, 0.15) is 0 Å². The van der Waals surface area contributed by atoms with E-state index in [-0.39, 0.29) is 5.78 Å². The van der Waals surface area contributed by atoms with Crippen molar-refractivity contribution in [3.63, 3.8) is 0 Å². The lowest BCUT2D eigenvalue weighted by Gasteiger charge is -2.06. The molecule has 26 heavy (non-hydrogen) atoms. The van der Waals surface area contributed by atoms with E-state index < -0.39 is 18.5 Å². The van der Waals surface area contributed by atoms with Gasteiger partial charge in [0.15, 0.2) is 12.4 Å². The summed E-state index contributed by atoms with van der Waals surface area (Å²) in [5, 5.41) is 6.85. The fraction of sp³-hybridized carbons (Fsp3) is 0.263. The summed E-state index contributed by atoms with van der Waals surface area (Å²) < 4.78 is 6.65. The third-order valence-electron chi connectivity index (χ3n) is 3.87. The quantitative estimate of drug-likeness (QED) is 0.488. The molecule has 7 nitrogen and oxygen atoms in total. The highest BCUT2D eigenvalue weighted by Crippen LogP contribution is 2.13. The molecule has 1 N–H and O–H groups in total. The number of aryl methyl sites for hydroxylation is 2. The number of carbonyl (C=O) groups excluding carboxylic acids is 3. The first-order chi connectivity index (χ1) is 12.3. The molecule has 2 aromatic rings. The van der Waals surface area contributed by atoms with Crippen LogP contribution in [-0.4, -0.2) is 34.0 Å². The number of hydrogen-bond donors (Lipinski definition) is 1. The zero-order valence-corrected chi connectivity index (χ0v) is 15.2. The summed E-state index contributed by atoms with van der Waals surface area (Å²) in [5.41, 5.74) is 3.66. The summed E-state index contributed by atoms with van der Waals surface area (Å²) in [5.74, 6) is -1.13. The summed E-state index contributed by atoms with van der Waals surface area (Å²) in [4.78, 5) is 34.8. The number of ketones is 1. The van der Waals surface area contributed by atoms with Gasteiger partial charge in [0, 0.05) is 35.6 Å². The van der Waals surface area contributed by atoms with E-state index in [0.29, 0.717) is 11.3 Å². The number of amides is 1. The van der Waals surface area contributed by atoms with E-state index in [1.807, 2.05) is 20.9 Å². The van der Waals surface area contributed by atoms with Crippen molar-refractivity contribution in [1.29, 1.82) is 0 Å². The predicted molar refractivity (Wildman–Crippen MR) is 97.8 cm³/mol. The van der Waals surface area contributed by atoms with Crippen LogP contribution in [0.25, 0.3) is 6.08 Å². The van der Waals surface area contributed by atoms with Gasteiger partial charge in [-0.2, -0.15) is 5.10 Å². The van der Waals surface area contributed by atoms with E-state index in [1.165, 1.54) is 13.0 Å². The highest BCUT2D eigenvalue weighted by atomic mass is 16.5. The van der Waals surface area contributed by atoms with Crippen LogP contribution in [0.2, 0.25) is 0 Å². The van der Waals surface area contributed by atoms with Crippen LogP contribution < -0.4 is 5.32 Å². The van der Waals surface area contributed by atoms with Crippen molar-refractivity contribution in [1.82, 2.24) is 9.78 Å². The summed E-state index contributed by atoms with van der Waals surface area (Å²) in [6, 6.07) is 6.46. The normalized spacial score (nSPS) is 10.8. The molecule has 0 bridgehead atoms. The van der Waals surface area contributed by atoms with Gasteiger partial charge in [0.2, 0.25) is 0 Å². The van der Waals surface area contributed by atoms with Crippen LogP contribution in [0, 0.1) is 13.8 Å². The molecule has 1 aromatic heterocycles. The van der Waals surface area contributed by atoms with Crippen molar-refractivity contribution in [2.75, 3.05) is 11.9 Å². The summed E-state index contributed by atoms with van der Waals surface area (Å²) in [6.45, 7) is 4.82. The first-order valence-electron chi connectivity index (χ1n) is 8.04. The molecule has 0 aliphatic heterocycles. The van der Waals surface area contributed by atoms with Gasteiger partial charge in [0.05, 0.1) is 5.69 Å². The lowest BCUT2D eigenvalue weighted by molar-refractivity contribution is -0.142. The molecule has 0 fully saturated rings.